The number of carbonyl (C=O) groups excluding carboxylic acids is 2. The smallest absolute Gasteiger partial charge is 0.166 e. The second-order valence-electron chi connectivity index (χ2n) is 4.97. The number of hydrogen-bond donors (Lipinski definition) is 1. The summed E-state index contributed by atoms with van der Waals surface area (Å²) in [6, 6.07) is 7.91. The van der Waals surface area contributed by atoms with Gasteiger partial charge < -0.3 is 9.84 Å². The minimum absolute atomic E-state index is 0.0601. The third-order valence-electron chi connectivity index (χ3n) is 3.37. The van der Waals surface area contributed by atoms with Gasteiger partial charge in [0.25, 0.3) is 0 Å². The van der Waals surface area contributed by atoms with Crippen LogP contribution >= 0.6 is 34.4 Å². The minimum atomic E-state index is -0.424. The van der Waals surface area contributed by atoms with Crippen molar-refractivity contribution in [3.05, 3.63) is 38.3 Å². The summed E-state index contributed by atoms with van der Waals surface area (Å²) in [5.41, 5.74) is 0.640. The molecule has 1 aliphatic rings. The molecule has 4 nitrogen and oxygen atoms in total. The zero-order chi connectivity index (χ0) is 16.1. The molecule has 0 aliphatic heterocycles. The third-order valence-corrected chi connectivity index (χ3v) is 5.34. The van der Waals surface area contributed by atoms with Crippen LogP contribution in [-0.2, 0) is 14.3 Å². The van der Waals surface area contributed by atoms with E-state index in [0.29, 0.717) is 5.57 Å². The number of aliphatic hydroxyl groups excluding tert-OH is 1. The van der Waals surface area contributed by atoms with E-state index in [1.807, 2.05) is 24.3 Å². The number of hydrogen-bond acceptors (Lipinski definition) is 5. The summed E-state index contributed by atoms with van der Waals surface area (Å²) in [7, 11) is 0. The molecule has 1 atom stereocenters. The van der Waals surface area contributed by atoms with Crippen LogP contribution in [0.3, 0.4) is 0 Å². The van der Waals surface area contributed by atoms with Crippen molar-refractivity contribution in [3.63, 3.8) is 0 Å². The Morgan fingerprint density at radius 2 is 2.18 bits per heavy atom. The predicted octanol–water partition coefficient (Wildman–Crippen LogP) is 2.82. The van der Waals surface area contributed by atoms with Crippen LogP contribution in [0.5, 0.6) is 0 Å². The summed E-state index contributed by atoms with van der Waals surface area (Å²) in [6.07, 6.45) is -0.0601. The first kappa shape index (κ1) is 17.7. The SMILES string of the molecule is CC1=C(Sc2cccc(I)c2)C(COCCO)C(=O)CC1=O. The van der Waals surface area contributed by atoms with E-state index in [9.17, 15) is 9.59 Å². The Kier molecular flexibility index (Phi) is 6.61. The number of aliphatic hydroxyl groups is 1. The first-order chi connectivity index (χ1) is 10.5. The highest BCUT2D eigenvalue weighted by molar-refractivity contribution is 14.1. The summed E-state index contributed by atoms with van der Waals surface area (Å²) in [4.78, 5) is 25.9. The normalized spacial score (nSPS) is 19.0. The van der Waals surface area contributed by atoms with Crippen LogP contribution < -0.4 is 0 Å². The van der Waals surface area contributed by atoms with Gasteiger partial charge in [0.1, 0.15) is 0 Å². The van der Waals surface area contributed by atoms with Gasteiger partial charge >= 0.3 is 0 Å². The van der Waals surface area contributed by atoms with E-state index in [0.717, 1.165) is 13.4 Å². The molecule has 0 bridgehead atoms. The molecular weight excluding hydrogens is 415 g/mol. The van der Waals surface area contributed by atoms with Crippen molar-refractivity contribution in [3.8, 4) is 0 Å². The van der Waals surface area contributed by atoms with Crippen LogP contribution in [0, 0.1) is 9.49 Å². The molecule has 22 heavy (non-hydrogen) atoms. The van der Waals surface area contributed by atoms with Crippen LogP contribution in [-0.4, -0.2) is 36.5 Å². The lowest BCUT2D eigenvalue weighted by molar-refractivity contribution is -0.129. The fourth-order valence-corrected chi connectivity index (χ4v) is 4.15. The lowest BCUT2D eigenvalue weighted by atomic mass is 9.89. The van der Waals surface area contributed by atoms with Crippen molar-refractivity contribution < 1.29 is 19.4 Å². The second-order valence-corrected chi connectivity index (χ2v) is 7.33. The van der Waals surface area contributed by atoms with Crippen molar-refractivity contribution in [1.29, 1.82) is 0 Å². The topological polar surface area (TPSA) is 63.6 Å². The molecular formula is C16H17IO4S. The molecule has 0 aromatic heterocycles. The van der Waals surface area contributed by atoms with E-state index in [4.69, 9.17) is 9.84 Å². The second kappa shape index (κ2) is 8.24. The Balaban J connectivity index is 2.26. The van der Waals surface area contributed by atoms with Gasteiger partial charge in [-0.1, -0.05) is 17.8 Å². The van der Waals surface area contributed by atoms with Crippen LogP contribution in [0.2, 0.25) is 0 Å². The average Bonchev–Trinajstić information content (AvgIpc) is 2.48. The first-order valence-corrected chi connectivity index (χ1v) is 8.81. The number of halogens is 1. The lowest BCUT2D eigenvalue weighted by Crippen LogP contribution is -2.30. The fraction of sp³-hybridized carbons (Fsp3) is 0.375. The zero-order valence-electron chi connectivity index (χ0n) is 12.2. The summed E-state index contributed by atoms with van der Waals surface area (Å²) in [5, 5.41) is 8.81. The van der Waals surface area contributed by atoms with Crippen molar-refractivity contribution in [2.75, 3.05) is 19.8 Å². The number of carbonyl (C=O) groups is 2. The molecule has 1 aromatic rings. The Morgan fingerprint density at radius 1 is 1.41 bits per heavy atom. The standard InChI is InChI=1S/C16H17IO4S/c1-10-14(19)8-15(20)13(9-21-6-5-18)16(10)22-12-4-2-3-11(17)7-12/h2-4,7,13,18H,5-6,8-9H2,1H3. The maximum Gasteiger partial charge on any atom is 0.166 e. The van der Waals surface area contributed by atoms with Crippen LogP contribution in [0.15, 0.2) is 39.6 Å². The van der Waals surface area contributed by atoms with Crippen molar-refractivity contribution in [2.24, 2.45) is 5.92 Å². The fourth-order valence-electron chi connectivity index (χ4n) is 2.20. The summed E-state index contributed by atoms with van der Waals surface area (Å²) in [6.45, 7) is 2.08. The molecule has 1 N–H and O–H groups in total. The Morgan fingerprint density at radius 3 is 2.86 bits per heavy atom. The minimum Gasteiger partial charge on any atom is -0.394 e. The maximum atomic E-state index is 12.2. The number of allylic oxidation sites excluding steroid dienone is 1. The summed E-state index contributed by atoms with van der Waals surface area (Å²) in [5.74, 6) is -0.648. The van der Waals surface area contributed by atoms with Gasteiger partial charge in [-0.3, -0.25) is 9.59 Å². The molecule has 0 heterocycles. The van der Waals surface area contributed by atoms with E-state index in [2.05, 4.69) is 22.6 Å². The van der Waals surface area contributed by atoms with E-state index >= 15 is 0 Å². The molecule has 1 aliphatic carbocycles. The molecule has 0 spiro atoms. The molecule has 0 saturated heterocycles. The first-order valence-electron chi connectivity index (χ1n) is 6.91. The van der Waals surface area contributed by atoms with Crippen molar-refractivity contribution in [1.82, 2.24) is 0 Å². The maximum absolute atomic E-state index is 12.2. The van der Waals surface area contributed by atoms with Gasteiger partial charge in [0.05, 0.1) is 32.2 Å². The van der Waals surface area contributed by atoms with Crippen LogP contribution in [0.1, 0.15) is 13.3 Å². The quantitative estimate of drug-likeness (QED) is 0.426. The van der Waals surface area contributed by atoms with Gasteiger partial charge in [-0.2, -0.15) is 0 Å². The number of Topliss-reactive ketones (excluding diaryl/α,β-unsaturated/α-hetero) is 2. The van der Waals surface area contributed by atoms with E-state index in [-0.39, 0.29) is 37.8 Å². The largest absolute Gasteiger partial charge is 0.394 e. The Hall–Kier alpha value is -0.700. The molecule has 0 saturated carbocycles. The Bertz CT molecular complexity index is 612. The number of ketones is 2. The van der Waals surface area contributed by atoms with Gasteiger partial charge in [-0.25, -0.2) is 0 Å². The third kappa shape index (κ3) is 4.41. The predicted molar refractivity (Wildman–Crippen MR) is 93.7 cm³/mol. The molecule has 118 valence electrons. The molecule has 1 unspecified atom stereocenters. The average molecular weight is 432 g/mol. The molecule has 2 rings (SSSR count). The zero-order valence-corrected chi connectivity index (χ0v) is 15.1. The van der Waals surface area contributed by atoms with Gasteiger partial charge in [0.2, 0.25) is 0 Å². The van der Waals surface area contributed by atoms with Gasteiger partial charge in [0, 0.05) is 18.9 Å². The highest BCUT2D eigenvalue weighted by atomic mass is 127. The number of benzene rings is 1. The van der Waals surface area contributed by atoms with Crippen LogP contribution in [0.25, 0.3) is 0 Å². The summed E-state index contributed by atoms with van der Waals surface area (Å²) >= 11 is 3.68. The van der Waals surface area contributed by atoms with E-state index in [1.165, 1.54) is 11.8 Å². The van der Waals surface area contributed by atoms with Crippen molar-refractivity contribution in [2.45, 2.75) is 18.2 Å². The Labute approximate surface area is 147 Å². The highest BCUT2D eigenvalue weighted by Crippen LogP contribution is 2.39. The molecule has 0 radical (unpaired) electrons. The van der Waals surface area contributed by atoms with E-state index in [1.54, 1.807) is 6.92 Å². The summed E-state index contributed by atoms with van der Waals surface area (Å²) < 4.78 is 6.44. The van der Waals surface area contributed by atoms with Gasteiger partial charge in [-0.15, -0.1) is 0 Å². The number of rotatable bonds is 6. The number of ether oxygens (including phenoxy) is 1. The van der Waals surface area contributed by atoms with Gasteiger partial charge in [-0.05, 0) is 47.7 Å². The highest BCUT2D eigenvalue weighted by Gasteiger charge is 2.33. The molecule has 6 heteroatoms. The lowest BCUT2D eigenvalue weighted by Gasteiger charge is -2.25. The monoisotopic (exact) mass is 432 g/mol. The number of thioether (sulfide) groups is 1. The molecule has 1 aromatic carbocycles. The van der Waals surface area contributed by atoms with Crippen LogP contribution in [0.4, 0.5) is 0 Å². The molecule has 0 amide bonds. The molecule has 0 fully saturated rings. The van der Waals surface area contributed by atoms with Gasteiger partial charge in [0.15, 0.2) is 11.6 Å². The van der Waals surface area contributed by atoms with E-state index < -0.39 is 5.92 Å². The van der Waals surface area contributed by atoms with Crippen molar-refractivity contribution >= 4 is 45.9 Å².